The lowest BCUT2D eigenvalue weighted by atomic mass is 10.2. The molecule has 2 rings (SSSR count). The highest BCUT2D eigenvalue weighted by Crippen LogP contribution is 2.30. The van der Waals surface area contributed by atoms with E-state index in [0.717, 1.165) is 23.1 Å². The maximum absolute atomic E-state index is 11.9. The van der Waals surface area contributed by atoms with Crippen LogP contribution in [0.25, 0.3) is 6.08 Å². The van der Waals surface area contributed by atoms with Gasteiger partial charge in [0.2, 0.25) is 0 Å². The molecule has 0 aliphatic carbocycles. The third kappa shape index (κ3) is 3.64. The van der Waals surface area contributed by atoms with Crippen LogP contribution in [0.2, 0.25) is 0 Å². The number of thioether (sulfide) groups is 1. The summed E-state index contributed by atoms with van der Waals surface area (Å²) >= 11 is 0.942. The fourth-order valence-corrected chi connectivity index (χ4v) is 2.56. The Hall–Kier alpha value is -2.27. The highest BCUT2D eigenvalue weighted by molar-refractivity contribution is 8.18. The molecule has 1 aromatic rings. The smallest absolute Gasteiger partial charge is 0.293 e. The van der Waals surface area contributed by atoms with Crippen LogP contribution in [0, 0.1) is 0 Å². The van der Waals surface area contributed by atoms with Gasteiger partial charge in [0.05, 0.1) is 12.0 Å². The number of methoxy groups -OCH3 is 1. The molecule has 1 aliphatic rings. The molecule has 1 fully saturated rings. The van der Waals surface area contributed by atoms with Crippen LogP contribution < -0.4 is 4.74 Å². The number of ether oxygens (including phenoxy) is 1. The molecule has 0 N–H and O–H groups in total. The molecule has 4 nitrogen and oxygen atoms in total. The van der Waals surface area contributed by atoms with E-state index in [9.17, 15) is 9.59 Å². The number of hydrogen-bond acceptors (Lipinski definition) is 4. The second-order valence-corrected chi connectivity index (χ2v) is 5.23. The van der Waals surface area contributed by atoms with Crippen LogP contribution >= 0.6 is 11.8 Å². The van der Waals surface area contributed by atoms with Gasteiger partial charge in [-0.3, -0.25) is 14.5 Å². The molecule has 5 heteroatoms. The largest absolute Gasteiger partial charge is 0.497 e. The zero-order valence-electron chi connectivity index (χ0n) is 11.6. The number of allylic oxidation sites excluding steroid dienone is 2. The minimum Gasteiger partial charge on any atom is -0.497 e. The normalized spacial score (nSPS) is 17.0. The molecule has 108 valence electrons. The summed E-state index contributed by atoms with van der Waals surface area (Å²) in [5, 5.41) is -0.260. The summed E-state index contributed by atoms with van der Waals surface area (Å²) in [6.45, 7) is 3.78. The molecule has 1 heterocycles. The molecule has 21 heavy (non-hydrogen) atoms. The molecule has 2 amide bonds. The zero-order chi connectivity index (χ0) is 15.2. The van der Waals surface area contributed by atoms with Crippen LogP contribution in [0.3, 0.4) is 0 Å². The van der Waals surface area contributed by atoms with Crippen molar-refractivity contribution in [1.29, 1.82) is 0 Å². The first kappa shape index (κ1) is 15.1. The Morgan fingerprint density at radius 1 is 1.29 bits per heavy atom. The number of rotatable bonds is 5. The summed E-state index contributed by atoms with van der Waals surface area (Å²) in [6, 6.07) is 7.54. The lowest BCUT2D eigenvalue weighted by molar-refractivity contribution is -0.122. The number of carbonyl (C=O) groups excluding carboxylic acids is 2. The average molecular weight is 301 g/mol. The quantitative estimate of drug-likeness (QED) is 0.617. The number of hydrogen-bond donors (Lipinski definition) is 0. The zero-order valence-corrected chi connectivity index (χ0v) is 12.4. The van der Waals surface area contributed by atoms with Gasteiger partial charge in [-0.25, -0.2) is 0 Å². The maximum Gasteiger partial charge on any atom is 0.293 e. The highest BCUT2D eigenvalue weighted by atomic mass is 32.2. The molecular formula is C16H15NO3S. The van der Waals surface area contributed by atoms with E-state index in [1.54, 1.807) is 19.3 Å². The summed E-state index contributed by atoms with van der Waals surface area (Å²) in [7, 11) is 1.62. The van der Waals surface area contributed by atoms with Gasteiger partial charge < -0.3 is 4.74 Å². The van der Waals surface area contributed by atoms with Crippen molar-refractivity contribution in [2.45, 2.75) is 0 Å². The minimum absolute atomic E-state index is 0.240. The van der Waals surface area contributed by atoms with Crippen LogP contribution in [-0.4, -0.2) is 29.7 Å². The molecule has 1 aliphatic heterocycles. The summed E-state index contributed by atoms with van der Waals surface area (Å²) in [4.78, 5) is 25.2. The number of carbonyl (C=O) groups is 2. The van der Waals surface area contributed by atoms with Crippen molar-refractivity contribution in [3.8, 4) is 5.75 Å². The van der Waals surface area contributed by atoms with Crippen molar-refractivity contribution in [2.75, 3.05) is 13.7 Å². The van der Waals surface area contributed by atoms with Crippen LogP contribution in [0.4, 0.5) is 4.79 Å². The summed E-state index contributed by atoms with van der Waals surface area (Å²) in [6.07, 6.45) is 6.80. The molecule has 0 aromatic heterocycles. The van der Waals surface area contributed by atoms with Crippen molar-refractivity contribution in [1.82, 2.24) is 4.90 Å². The Morgan fingerprint density at radius 2 is 2.00 bits per heavy atom. The summed E-state index contributed by atoms with van der Waals surface area (Å²) in [5.41, 5.74) is 0.984. The van der Waals surface area contributed by atoms with Crippen molar-refractivity contribution >= 4 is 29.0 Å². The topological polar surface area (TPSA) is 46.6 Å². The predicted molar refractivity (Wildman–Crippen MR) is 85.0 cm³/mol. The Bertz CT molecular complexity index is 617. The Morgan fingerprint density at radius 3 is 2.62 bits per heavy atom. The SMILES string of the molecule is C=CCN1C(=O)SC(=CC=Cc2ccc(OC)cc2)C1=O. The third-order valence-corrected chi connectivity index (χ3v) is 3.76. The molecule has 1 saturated heterocycles. The van der Waals surface area contributed by atoms with Gasteiger partial charge >= 0.3 is 0 Å². The number of imide groups is 1. The standard InChI is InChI=1S/C16H15NO3S/c1-3-11-17-15(18)14(21-16(17)19)6-4-5-12-7-9-13(20-2)10-8-12/h3-10H,1,11H2,2H3. The Kier molecular flexibility index (Phi) is 5.00. The Balaban J connectivity index is 2.06. The van der Waals surface area contributed by atoms with E-state index in [1.807, 2.05) is 30.3 Å². The van der Waals surface area contributed by atoms with Crippen LogP contribution in [0.5, 0.6) is 5.75 Å². The molecule has 0 atom stereocenters. The number of nitrogens with zero attached hydrogens (tertiary/aromatic N) is 1. The van der Waals surface area contributed by atoms with Crippen molar-refractivity contribution in [2.24, 2.45) is 0 Å². The van der Waals surface area contributed by atoms with Gasteiger partial charge in [0.25, 0.3) is 11.1 Å². The van der Waals surface area contributed by atoms with E-state index in [4.69, 9.17) is 4.74 Å². The van der Waals surface area contributed by atoms with E-state index in [-0.39, 0.29) is 17.7 Å². The van der Waals surface area contributed by atoms with E-state index in [2.05, 4.69) is 6.58 Å². The second-order valence-electron chi connectivity index (χ2n) is 4.24. The third-order valence-electron chi connectivity index (χ3n) is 2.84. The number of amides is 2. The van der Waals surface area contributed by atoms with E-state index in [0.29, 0.717) is 4.91 Å². The van der Waals surface area contributed by atoms with Gasteiger partial charge in [-0.05, 0) is 35.5 Å². The lowest BCUT2D eigenvalue weighted by Gasteiger charge is -2.07. The molecule has 1 aromatic carbocycles. The number of benzene rings is 1. The molecule has 0 unspecified atom stereocenters. The van der Waals surface area contributed by atoms with Crippen molar-refractivity contribution in [3.63, 3.8) is 0 Å². The Labute approximate surface area is 127 Å². The first-order valence-electron chi connectivity index (χ1n) is 6.32. The van der Waals surface area contributed by atoms with Crippen LogP contribution in [0.15, 0.2) is 54.0 Å². The van der Waals surface area contributed by atoms with Crippen LogP contribution in [0.1, 0.15) is 5.56 Å². The van der Waals surface area contributed by atoms with Crippen LogP contribution in [-0.2, 0) is 4.79 Å². The molecule has 0 spiro atoms. The van der Waals surface area contributed by atoms with Crippen molar-refractivity contribution < 1.29 is 14.3 Å². The molecule has 0 radical (unpaired) electrons. The molecule has 0 saturated carbocycles. The van der Waals surface area contributed by atoms with Gasteiger partial charge in [-0.2, -0.15) is 0 Å². The lowest BCUT2D eigenvalue weighted by Crippen LogP contribution is -2.27. The van der Waals surface area contributed by atoms with Crippen molar-refractivity contribution in [3.05, 3.63) is 59.5 Å². The van der Waals surface area contributed by atoms with E-state index >= 15 is 0 Å². The van der Waals surface area contributed by atoms with Gasteiger partial charge in [-0.15, -0.1) is 6.58 Å². The van der Waals surface area contributed by atoms with E-state index < -0.39 is 0 Å². The maximum atomic E-state index is 11.9. The summed E-state index contributed by atoms with van der Waals surface area (Å²) < 4.78 is 5.08. The average Bonchev–Trinajstić information content (AvgIpc) is 2.76. The van der Waals surface area contributed by atoms with Gasteiger partial charge in [0.15, 0.2) is 0 Å². The molecular weight excluding hydrogens is 286 g/mol. The van der Waals surface area contributed by atoms with E-state index in [1.165, 1.54) is 11.0 Å². The van der Waals surface area contributed by atoms with Gasteiger partial charge in [0, 0.05) is 6.54 Å². The minimum atomic E-state index is -0.274. The predicted octanol–water partition coefficient (Wildman–Crippen LogP) is 3.47. The van der Waals surface area contributed by atoms with Gasteiger partial charge in [0.1, 0.15) is 5.75 Å². The highest BCUT2D eigenvalue weighted by Gasteiger charge is 2.33. The first-order valence-corrected chi connectivity index (χ1v) is 7.14. The fourth-order valence-electron chi connectivity index (χ4n) is 1.76. The first-order chi connectivity index (χ1) is 10.2. The van der Waals surface area contributed by atoms with Gasteiger partial charge in [-0.1, -0.05) is 30.4 Å². The monoisotopic (exact) mass is 301 g/mol. The summed E-state index contributed by atoms with van der Waals surface area (Å²) in [5.74, 6) is 0.516. The molecule has 0 bridgehead atoms. The fraction of sp³-hybridized carbons (Fsp3) is 0.125. The second kappa shape index (κ2) is 6.95.